The maximum absolute atomic E-state index is 5.58. The molecule has 80 valence electrons. The second-order valence-electron chi connectivity index (χ2n) is 3.26. The van der Waals surface area contributed by atoms with Crippen molar-refractivity contribution in [2.24, 2.45) is 5.73 Å². The number of hydrogen-bond donors (Lipinski definition) is 1. The molecular weight excluding hydrogens is 194 g/mol. The van der Waals surface area contributed by atoms with Crippen molar-refractivity contribution in [3.63, 3.8) is 0 Å². The van der Waals surface area contributed by atoms with E-state index < -0.39 is 0 Å². The van der Waals surface area contributed by atoms with Crippen molar-refractivity contribution in [2.45, 2.75) is 33.4 Å². The van der Waals surface area contributed by atoms with Crippen molar-refractivity contribution >= 4 is 11.8 Å². The minimum absolute atomic E-state index is 0.593. The van der Waals surface area contributed by atoms with E-state index in [0.29, 0.717) is 6.54 Å². The number of aryl methyl sites for hydroxylation is 2. The third-order valence-electron chi connectivity index (χ3n) is 2.15. The molecule has 1 aromatic rings. The number of aromatic nitrogens is 2. The highest BCUT2D eigenvalue weighted by Gasteiger charge is 2.01. The van der Waals surface area contributed by atoms with Gasteiger partial charge in [-0.25, -0.2) is 0 Å². The van der Waals surface area contributed by atoms with E-state index >= 15 is 0 Å². The van der Waals surface area contributed by atoms with Crippen molar-refractivity contribution in [2.75, 3.05) is 11.5 Å². The van der Waals surface area contributed by atoms with Crippen LogP contribution in [0.15, 0.2) is 6.20 Å². The zero-order valence-electron chi connectivity index (χ0n) is 8.99. The molecule has 2 N–H and O–H groups in total. The molecule has 14 heavy (non-hydrogen) atoms. The second kappa shape index (κ2) is 6.09. The van der Waals surface area contributed by atoms with Gasteiger partial charge in [0.05, 0.1) is 5.69 Å². The average molecular weight is 213 g/mol. The molecule has 0 fully saturated rings. The van der Waals surface area contributed by atoms with Gasteiger partial charge in [-0.2, -0.15) is 16.9 Å². The average Bonchev–Trinajstić information content (AvgIpc) is 2.54. The minimum Gasteiger partial charge on any atom is -0.326 e. The van der Waals surface area contributed by atoms with E-state index in [-0.39, 0.29) is 0 Å². The highest BCUT2D eigenvalue weighted by molar-refractivity contribution is 7.99. The molecule has 0 saturated heterocycles. The van der Waals surface area contributed by atoms with Crippen molar-refractivity contribution in [1.82, 2.24) is 9.78 Å². The van der Waals surface area contributed by atoms with Crippen molar-refractivity contribution < 1.29 is 0 Å². The lowest BCUT2D eigenvalue weighted by Crippen LogP contribution is -2.00. The summed E-state index contributed by atoms with van der Waals surface area (Å²) in [5.74, 6) is 2.42. The summed E-state index contributed by atoms with van der Waals surface area (Å²) in [6.07, 6.45) is 3.25. The summed E-state index contributed by atoms with van der Waals surface area (Å²) in [5.41, 5.74) is 7.81. The zero-order chi connectivity index (χ0) is 10.4. The Morgan fingerprint density at radius 2 is 2.36 bits per heavy atom. The van der Waals surface area contributed by atoms with Crippen LogP contribution in [0.3, 0.4) is 0 Å². The summed E-state index contributed by atoms with van der Waals surface area (Å²) < 4.78 is 2.01. The van der Waals surface area contributed by atoms with Crippen LogP contribution >= 0.6 is 11.8 Å². The minimum atomic E-state index is 0.593. The summed E-state index contributed by atoms with van der Waals surface area (Å²) in [6, 6.07) is 0. The Morgan fingerprint density at radius 1 is 1.57 bits per heavy atom. The van der Waals surface area contributed by atoms with Gasteiger partial charge in [0, 0.05) is 24.8 Å². The summed E-state index contributed by atoms with van der Waals surface area (Å²) >= 11 is 1.98. The first-order valence-electron chi connectivity index (χ1n) is 5.08. The van der Waals surface area contributed by atoms with Crippen LogP contribution in [-0.4, -0.2) is 21.3 Å². The summed E-state index contributed by atoms with van der Waals surface area (Å²) in [4.78, 5) is 0. The van der Waals surface area contributed by atoms with Crippen LogP contribution in [0.25, 0.3) is 0 Å². The smallest absolute Gasteiger partial charge is 0.0638 e. The molecule has 0 atom stereocenters. The fourth-order valence-corrected chi connectivity index (χ4v) is 1.97. The number of nitrogens with zero attached hydrogens (tertiary/aromatic N) is 2. The largest absolute Gasteiger partial charge is 0.326 e. The van der Waals surface area contributed by atoms with Crippen LogP contribution in [0.2, 0.25) is 0 Å². The predicted molar refractivity (Wildman–Crippen MR) is 62.5 cm³/mol. The third kappa shape index (κ3) is 3.35. The summed E-state index contributed by atoms with van der Waals surface area (Å²) in [6.45, 7) is 5.80. The molecule has 0 amide bonds. The number of thioether (sulfide) groups is 1. The van der Waals surface area contributed by atoms with Crippen LogP contribution in [0.5, 0.6) is 0 Å². The Hall–Kier alpha value is -0.480. The van der Waals surface area contributed by atoms with Crippen LogP contribution in [-0.2, 0) is 13.1 Å². The quantitative estimate of drug-likeness (QED) is 0.733. The molecule has 0 aliphatic rings. The van der Waals surface area contributed by atoms with Crippen molar-refractivity contribution in [3.8, 4) is 0 Å². The Morgan fingerprint density at radius 3 is 2.93 bits per heavy atom. The van der Waals surface area contributed by atoms with Crippen LogP contribution in [0.1, 0.15) is 24.6 Å². The Balaban J connectivity index is 2.35. The first-order chi connectivity index (χ1) is 6.77. The zero-order valence-corrected chi connectivity index (χ0v) is 9.81. The summed E-state index contributed by atoms with van der Waals surface area (Å²) in [7, 11) is 0. The number of rotatable bonds is 6. The van der Waals surface area contributed by atoms with Crippen molar-refractivity contribution in [3.05, 3.63) is 17.5 Å². The van der Waals surface area contributed by atoms with Crippen LogP contribution in [0.4, 0.5) is 0 Å². The molecule has 0 radical (unpaired) electrons. The van der Waals surface area contributed by atoms with Gasteiger partial charge in [0.1, 0.15) is 0 Å². The molecule has 0 bridgehead atoms. The molecule has 1 heterocycles. The van der Waals surface area contributed by atoms with E-state index in [1.165, 1.54) is 17.9 Å². The third-order valence-corrected chi connectivity index (χ3v) is 3.13. The van der Waals surface area contributed by atoms with E-state index in [9.17, 15) is 0 Å². The van der Waals surface area contributed by atoms with Gasteiger partial charge in [0.2, 0.25) is 0 Å². The normalized spacial score (nSPS) is 10.8. The van der Waals surface area contributed by atoms with Gasteiger partial charge in [-0.1, -0.05) is 6.92 Å². The lowest BCUT2D eigenvalue weighted by molar-refractivity contribution is 0.601. The maximum atomic E-state index is 5.58. The highest BCUT2D eigenvalue weighted by atomic mass is 32.2. The first kappa shape index (κ1) is 11.6. The fourth-order valence-electron chi connectivity index (χ4n) is 1.35. The first-order valence-corrected chi connectivity index (χ1v) is 6.24. The monoisotopic (exact) mass is 213 g/mol. The van der Waals surface area contributed by atoms with E-state index in [4.69, 9.17) is 5.73 Å². The van der Waals surface area contributed by atoms with E-state index in [1.54, 1.807) is 0 Å². The lowest BCUT2D eigenvalue weighted by atomic mass is 10.3. The maximum Gasteiger partial charge on any atom is 0.0638 e. The Kier molecular flexibility index (Phi) is 5.04. The fraction of sp³-hybridized carbons (Fsp3) is 0.700. The highest BCUT2D eigenvalue weighted by Crippen LogP contribution is 2.06. The van der Waals surface area contributed by atoms with Crippen molar-refractivity contribution in [1.29, 1.82) is 0 Å². The standard InChI is InChI=1S/C10H19N3S/c1-3-14-6-4-5-13-8-10(7-11)9(2)12-13/h8H,3-7,11H2,1-2H3. The molecule has 0 spiro atoms. The van der Waals surface area contributed by atoms with Gasteiger partial charge in [0.15, 0.2) is 0 Å². The molecule has 4 heteroatoms. The molecule has 3 nitrogen and oxygen atoms in total. The SMILES string of the molecule is CCSCCCn1cc(CN)c(C)n1. The van der Waals surface area contributed by atoms with E-state index in [0.717, 1.165) is 17.8 Å². The van der Waals surface area contributed by atoms with Gasteiger partial charge < -0.3 is 5.73 Å². The van der Waals surface area contributed by atoms with Crippen LogP contribution < -0.4 is 5.73 Å². The van der Waals surface area contributed by atoms with E-state index in [2.05, 4.69) is 18.2 Å². The molecule has 0 aliphatic carbocycles. The Labute approximate surface area is 90.1 Å². The van der Waals surface area contributed by atoms with Crippen LogP contribution in [0, 0.1) is 6.92 Å². The molecule has 0 aliphatic heterocycles. The molecule has 0 aromatic carbocycles. The Bertz CT molecular complexity index is 270. The molecule has 0 unspecified atom stereocenters. The predicted octanol–water partition coefficient (Wildman–Crippen LogP) is 1.79. The topological polar surface area (TPSA) is 43.8 Å². The van der Waals surface area contributed by atoms with E-state index in [1.807, 2.05) is 23.4 Å². The molecule has 1 rings (SSSR count). The molecule has 1 aromatic heterocycles. The molecule has 0 saturated carbocycles. The number of hydrogen-bond acceptors (Lipinski definition) is 3. The van der Waals surface area contributed by atoms with Gasteiger partial charge in [-0.05, 0) is 24.9 Å². The lowest BCUT2D eigenvalue weighted by Gasteiger charge is -1.99. The van der Waals surface area contributed by atoms with Gasteiger partial charge in [0.25, 0.3) is 0 Å². The summed E-state index contributed by atoms with van der Waals surface area (Å²) in [5, 5.41) is 4.41. The van der Waals surface area contributed by atoms with Gasteiger partial charge in [-0.15, -0.1) is 0 Å². The number of nitrogens with two attached hydrogens (primary N) is 1. The van der Waals surface area contributed by atoms with Gasteiger partial charge >= 0.3 is 0 Å². The molecular formula is C10H19N3S. The van der Waals surface area contributed by atoms with Gasteiger partial charge in [-0.3, -0.25) is 4.68 Å². The second-order valence-corrected chi connectivity index (χ2v) is 4.65.